The maximum atomic E-state index is 11.9. The van der Waals surface area contributed by atoms with E-state index in [1.54, 1.807) is 11.9 Å². The number of rotatable bonds is 5. The molecule has 1 aliphatic rings. The predicted octanol–water partition coefficient (Wildman–Crippen LogP) is -1.90. The normalized spacial score (nSPS) is 15.3. The highest BCUT2D eigenvalue weighted by Gasteiger charge is 2.18. The van der Waals surface area contributed by atoms with E-state index in [0.717, 1.165) is 26.2 Å². The lowest BCUT2D eigenvalue weighted by Crippen LogP contribution is -2.50. The highest BCUT2D eigenvalue weighted by Crippen LogP contribution is 1.95. The minimum absolute atomic E-state index is 0.0590. The van der Waals surface area contributed by atoms with E-state index in [2.05, 4.69) is 16.6 Å². The predicted molar refractivity (Wildman–Crippen MR) is 68.8 cm³/mol. The van der Waals surface area contributed by atoms with Gasteiger partial charge in [0.05, 0.1) is 19.6 Å². The van der Waals surface area contributed by atoms with Crippen molar-refractivity contribution >= 4 is 11.8 Å². The van der Waals surface area contributed by atoms with Gasteiger partial charge in [-0.15, -0.1) is 6.42 Å². The molecule has 0 aromatic carbocycles. The highest BCUT2D eigenvalue weighted by molar-refractivity contribution is 5.81. The van der Waals surface area contributed by atoms with Crippen LogP contribution in [0.15, 0.2) is 0 Å². The zero-order valence-corrected chi connectivity index (χ0v) is 10.7. The van der Waals surface area contributed by atoms with Crippen molar-refractivity contribution in [3.05, 3.63) is 0 Å². The first kappa shape index (κ1) is 14.5. The topological polar surface area (TPSA) is 64.7 Å². The van der Waals surface area contributed by atoms with E-state index in [0.29, 0.717) is 0 Å². The van der Waals surface area contributed by atoms with Gasteiger partial charge in [-0.3, -0.25) is 14.5 Å². The van der Waals surface area contributed by atoms with Gasteiger partial charge in [-0.05, 0) is 7.05 Å². The van der Waals surface area contributed by atoms with E-state index < -0.39 is 0 Å². The molecular formula is C12H20N4O2. The Morgan fingerprint density at radius 1 is 1.39 bits per heavy atom. The molecule has 6 heteroatoms. The fourth-order valence-corrected chi connectivity index (χ4v) is 1.75. The lowest BCUT2D eigenvalue weighted by molar-refractivity contribution is -0.133. The summed E-state index contributed by atoms with van der Waals surface area (Å²) < 4.78 is 0. The molecule has 0 saturated carbocycles. The fraction of sp³-hybridized carbons (Fsp3) is 0.667. The molecule has 0 aromatic rings. The van der Waals surface area contributed by atoms with Gasteiger partial charge in [0.25, 0.3) is 0 Å². The average Bonchev–Trinajstić information content (AvgIpc) is 2.37. The van der Waals surface area contributed by atoms with Crippen LogP contribution >= 0.6 is 0 Å². The molecule has 1 fully saturated rings. The quantitative estimate of drug-likeness (QED) is 0.561. The summed E-state index contributed by atoms with van der Waals surface area (Å²) in [6.45, 7) is 3.78. The van der Waals surface area contributed by atoms with E-state index in [4.69, 9.17) is 6.42 Å². The van der Waals surface area contributed by atoms with Crippen molar-refractivity contribution in [3.8, 4) is 12.3 Å². The van der Waals surface area contributed by atoms with Crippen LogP contribution in [0.2, 0.25) is 0 Å². The number of carbonyl (C=O) groups excluding carboxylic acids is 2. The molecule has 0 aliphatic carbocycles. The summed E-state index contributed by atoms with van der Waals surface area (Å²) in [6.07, 6.45) is 5.04. The van der Waals surface area contributed by atoms with Crippen LogP contribution in [-0.4, -0.2) is 74.5 Å². The number of carbonyl (C=O) groups is 2. The van der Waals surface area contributed by atoms with Gasteiger partial charge in [0.2, 0.25) is 11.8 Å². The molecule has 0 radical (unpaired) electrons. The molecule has 0 unspecified atom stereocenters. The van der Waals surface area contributed by atoms with Crippen LogP contribution in [-0.2, 0) is 9.59 Å². The van der Waals surface area contributed by atoms with Crippen molar-refractivity contribution in [1.82, 2.24) is 20.4 Å². The molecular weight excluding hydrogens is 232 g/mol. The maximum Gasteiger partial charge on any atom is 0.236 e. The highest BCUT2D eigenvalue weighted by atomic mass is 16.2. The van der Waals surface area contributed by atoms with Gasteiger partial charge in [-0.25, -0.2) is 0 Å². The van der Waals surface area contributed by atoms with Gasteiger partial charge in [-0.2, -0.15) is 0 Å². The van der Waals surface area contributed by atoms with Crippen molar-refractivity contribution in [1.29, 1.82) is 0 Å². The van der Waals surface area contributed by atoms with E-state index >= 15 is 0 Å². The minimum Gasteiger partial charge on any atom is -0.344 e. The summed E-state index contributed by atoms with van der Waals surface area (Å²) >= 11 is 0. The first-order valence-corrected chi connectivity index (χ1v) is 6.00. The third-order valence-electron chi connectivity index (χ3n) is 2.68. The van der Waals surface area contributed by atoms with E-state index in [1.165, 1.54) is 0 Å². The van der Waals surface area contributed by atoms with Gasteiger partial charge in [-0.1, -0.05) is 5.92 Å². The lowest BCUT2D eigenvalue weighted by Gasteiger charge is -2.29. The van der Waals surface area contributed by atoms with Crippen LogP contribution < -0.4 is 10.6 Å². The van der Waals surface area contributed by atoms with Crippen LogP contribution in [0.1, 0.15) is 0 Å². The summed E-state index contributed by atoms with van der Waals surface area (Å²) in [5, 5.41) is 5.75. The molecule has 2 N–H and O–H groups in total. The second-order valence-corrected chi connectivity index (χ2v) is 4.28. The summed E-state index contributed by atoms with van der Waals surface area (Å²) in [7, 11) is 1.75. The molecule has 1 saturated heterocycles. The summed E-state index contributed by atoms with van der Waals surface area (Å²) in [5.41, 5.74) is 0. The Balaban J connectivity index is 2.26. The van der Waals surface area contributed by atoms with Gasteiger partial charge in [0, 0.05) is 26.2 Å². The first-order valence-electron chi connectivity index (χ1n) is 6.00. The van der Waals surface area contributed by atoms with Crippen LogP contribution in [0.3, 0.4) is 0 Å². The monoisotopic (exact) mass is 252 g/mol. The number of amides is 2. The smallest absolute Gasteiger partial charge is 0.236 e. The Labute approximate surface area is 108 Å². The molecule has 0 atom stereocenters. The number of nitrogens with zero attached hydrogens (tertiary/aromatic N) is 2. The average molecular weight is 252 g/mol. The molecule has 6 nitrogen and oxygen atoms in total. The Morgan fingerprint density at radius 2 is 2.06 bits per heavy atom. The van der Waals surface area contributed by atoms with Crippen molar-refractivity contribution in [2.75, 3.05) is 52.9 Å². The zero-order valence-electron chi connectivity index (χ0n) is 10.7. The first-order chi connectivity index (χ1) is 8.63. The van der Waals surface area contributed by atoms with Crippen molar-refractivity contribution < 1.29 is 9.59 Å². The number of piperazine rings is 1. The molecule has 0 aromatic heterocycles. The lowest BCUT2D eigenvalue weighted by atomic mass is 10.3. The number of hydrogen-bond acceptors (Lipinski definition) is 4. The van der Waals surface area contributed by atoms with Crippen molar-refractivity contribution in [2.45, 2.75) is 0 Å². The summed E-state index contributed by atoms with van der Waals surface area (Å²) in [4.78, 5) is 26.8. The second-order valence-electron chi connectivity index (χ2n) is 4.28. The van der Waals surface area contributed by atoms with Crippen LogP contribution in [0.25, 0.3) is 0 Å². The maximum absolute atomic E-state index is 11.9. The standard InChI is InChI=1S/C12H20N4O2/c1-3-4-14-11(17)9-15(2)10-12(18)16-7-5-13-6-8-16/h1,13H,4-10H2,2H3,(H,14,17). The van der Waals surface area contributed by atoms with Gasteiger partial charge >= 0.3 is 0 Å². The summed E-state index contributed by atoms with van der Waals surface area (Å²) in [6, 6.07) is 0. The Kier molecular flexibility index (Phi) is 6.19. The van der Waals surface area contributed by atoms with Gasteiger partial charge in [0.1, 0.15) is 0 Å². The van der Waals surface area contributed by atoms with Crippen molar-refractivity contribution in [3.63, 3.8) is 0 Å². The van der Waals surface area contributed by atoms with E-state index in [1.807, 2.05) is 4.90 Å². The molecule has 1 aliphatic heterocycles. The molecule has 2 amide bonds. The molecule has 0 bridgehead atoms. The Bertz CT molecular complexity index is 331. The number of nitrogens with one attached hydrogen (secondary N) is 2. The third-order valence-corrected chi connectivity index (χ3v) is 2.68. The van der Waals surface area contributed by atoms with Crippen LogP contribution in [0.4, 0.5) is 0 Å². The number of hydrogen-bond donors (Lipinski definition) is 2. The van der Waals surface area contributed by atoms with Crippen molar-refractivity contribution in [2.24, 2.45) is 0 Å². The molecule has 100 valence electrons. The zero-order chi connectivity index (χ0) is 13.4. The Morgan fingerprint density at radius 3 is 2.67 bits per heavy atom. The molecule has 18 heavy (non-hydrogen) atoms. The SMILES string of the molecule is C#CCNC(=O)CN(C)CC(=O)N1CCNCC1. The minimum atomic E-state index is -0.163. The molecule has 1 heterocycles. The van der Waals surface area contributed by atoms with Gasteiger partial charge in [0.15, 0.2) is 0 Å². The molecule has 1 rings (SSSR count). The largest absolute Gasteiger partial charge is 0.344 e. The second kappa shape index (κ2) is 7.69. The number of likely N-dealkylation sites (N-methyl/N-ethyl adjacent to an activating group) is 1. The van der Waals surface area contributed by atoms with Crippen LogP contribution in [0.5, 0.6) is 0 Å². The van der Waals surface area contributed by atoms with Crippen LogP contribution in [0, 0.1) is 12.3 Å². The fourth-order valence-electron chi connectivity index (χ4n) is 1.75. The van der Waals surface area contributed by atoms with E-state index in [9.17, 15) is 9.59 Å². The third kappa shape index (κ3) is 5.17. The summed E-state index contributed by atoms with van der Waals surface area (Å²) in [5.74, 6) is 2.23. The number of terminal acetylenes is 1. The Hall–Kier alpha value is -1.58. The van der Waals surface area contributed by atoms with Gasteiger partial charge < -0.3 is 15.5 Å². The van der Waals surface area contributed by atoms with E-state index in [-0.39, 0.29) is 31.4 Å². The molecule has 0 spiro atoms.